The van der Waals surface area contributed by atoms with E-state index in [0.29, 0.717) is 45.7 Å². The van der Waals surface area contributed by atoms with Crippen molar-refractivity contribution in [3.63, 3.8) is 0 Å². The van der Waals surface area contributed by atoms with Crippen molar-refractivity contribution in [2.45, 2.75) is 121 Å². The van der Waals surface area contributed by atoms with Gasteiger partial charge in [-0.2, -0.15) is 0 Å². The van der Waals surface area contributed by atoms with Crippen LogP contribution in [0.25, 0.3) is 0 Å². The van der Waals surface area contributed by atoms with Crippen LogP contribution in [0.2, 0.25) is 0 Å². The minimum absolute atomic E-state index is 0.0771. The van der Waals surface area contributed by atoms with E-state index >= 15 is 0 Å². The van der Waals surface area contributed by atoms with Gasteiger partial charge in [-0.25, -0.2) is 0 Å². The molecule has 0 aromatic heterocycles. The molecule has 12 nitrogen and oxygen atoms in total. The van der Waals surface area contributed by atoms with Crippen LogP contribution in [-0.4, -0.2) is 115 Å². The molecule has 8 atom stereocenters. The topological polar surface area (TPSA) is 111 Å². The van der Waals surface area contributed by atoms with E-state index in [9.17, 15) is 0 Å². The summed E-state index contributed by atoms with van der Waals surface area (Å²) in [7, 11) is 0. The summed E-state index contributed by atoms with van der Waals surface area (Å²) in [6, 6.07) is 0. The average molecular weight is 631 g/mol. The molecule has 6 saturated heterocycles. The molecule has 0 aromatic carbocycles. The van der Waals surface area contributed by atoms with Crippen molar-refractivity contribution >= 4 is 0 Å². The van der Waals surface area contributed by atoms with Crippen LogP contribution in [0.3, 0.4) is 0 Å². The molecule has 0 N–H and O–H groups in total. The van der Waals surface area contributed by atoms with Gasteiger partial charge in [-0.05, 0) is 74.1 Å². The van der Waals surface area contributed by atoms with Crippen molar-refractivity contribution in [3.8, 4) is 0 Å². The van der Waals surface area contributed by atoms with E-state index in [4.69, 9.17) is 56.8 Å². The minimum Gasteiger partial charge on any atom is -0.355 e. The van der Waals surface area contributed by atoms with E-state index in [0.717, 1.165) is 6.42 Å². The van der Waals surface area contributed by atoms with E-state index in [1.807, 2.05) is 0 Å². The van der Waals surface area contributed by atoms with Crippen LogP contribution in [0.15, 0.2) is 0 Å². The molecule has 0 amide bonds. The lowest BCUT2D eigenvalue weighted by Crippen LogP contribution is -2.71. The van der Waals surface area contributed by atoms with Gasteiger partial charge >= 0.3 is 0 Å². The average Bonchev–Trinajstić information content (AvgIpc) is 3.00. The van der Waals surface area contributed by atoms with E-state index in [1.165, 1.54) is 0 Å². The summed E-state index contributed by atoms with van der Waals surface area (Å²) >= 11 is 0. The third-order valence-corrected chi connectivity index (χ3v) is 12.7. The monoisotopic (exact) mass is 630 g/mol. The Morgan fingerprint density at radius 3 is 1.70 bits per heavy atom. The van der Waals surface area contributed by atoms with E-state index < -0.39 is 33.0 Å². The maximum Gasteiger partial charge on any atom is 0.148 e. The predicted octanol–water partition coefficient (Wildman–Crippen LogP) is 3.73. The summed E-state index contributed by atoms with van der Waals surface area (Å²) in [5.74, 6) is 0. The molecule has 254 valence electrons. The van der Waals surface area contributed by atoms with Gasteiger partial charge in [0.25, 0.3) is 0 Å². The lowest BCUT2D eigenvalue weighted by Gasteiger charge is -2.62. The third kappa shape index (κ3) is 5.11. The van der Waals surface area contributed by atoms with Gasteiger partial charge in [-0.15, -0.1) is 0 Å². The fraction of sp³-hybridized carbons (Fsp3) is 1.00. The van der Waals surface area contributed by atoms with Crippen LogP contribution in [0, 0.1) is 16.2 Å². The van der Waals surface area contributed by atoms with Crippen molar-refractivity contribution in [1.29, 1.82) is 0 Å². The Morgan fingerprint density at radius 1 is 0.500 bits per heavy atom. The maximum absolute atomic E-state index is 6.61. The van der Waals surface area contributed by atoms with Gasteiger partial charge in [0.2, 0.25) is 0 Å². The molecule has 6 heterocycles. The summed E-state index contributed by atoms with van der Waals surface area (Å²) < 4.78 is 73.9. The summed E-state index contributed by atoms with van der Waals surface area (Å²) in [6.07, 6.45) is 2.28. The predicted molar refractivity (Wildman–Crippen MR) is 154 cm³/mol. The molecular weight excluding hydrogens is 576 g/mol. The Hall–Kier alpha value is -0.480. The molecular formula is C32H54O12. The number of hydrogen-bond donors (Lipinski definition) is 0. The van der Waals surface area contributed by atoms with Crippen molar-refractivity contribution in [3.05, 3.63) is 0 Å². The van der Waals surface area contributed by atoms with Crippen LogP contribution in [-0.2, 0) is 56.8 Å². The molecule has 6 aliphatic rings. The second-order valence-electron chi connectivity index (χ2n) is 14.6. The van der Waals surface area contributed by atoms with Crippen molar-refractivity contribution in [2.24, 2.45) is 16.2 Å². The zero-order chi connectivity index (χ0) is 31.3. The van der Waals surface area contributed by atoms with Crippen LogP contribution < -0.4 is 0 Å². The molecule has 0 radical (unpaired) electrons. The first-order valence-electron chi connectivity index (χ1n) is 16.3. The molecule has 3 spiro atoms. The first kappa shape index (κ1) is 33.4. The molecule has 12 heteroatoms. The van der Waals surface area contributed by atoms with Crippen LogP contribution in [0.5, 0.6) is 0 Å². The Labute approximate surface area is 261 Å². The van der Waals surface area contributed by atoms with Gasteiger partial charge in [-0.1, -0.05) is 0 Å². The van der Waals surface area contributed by atoms with Crippen molar-refractivity contribution in [1.82, 2.24) is 0 Å². The largest absolute Gasteiger partial charge is 0.355 e. The molecule has 6 fully saturated rings. The molecule has 0 bridgehead atoms. The Morgan fingerprint density at radius 2 is 1.05 bits per heavy atom. The zero-order valence-electron chi connectivity index (χ0n) is 27.7. The summed E-state index contributed by atoms with van der Waals surface area (Å²) in [4.78, 5) is 0. The highest BCUT2D eigenvalue weighted by Gasteiger charge is 2.66. The smallest absolute Gasteiger partial charge is 0.148 e. The lowest BCUT2D eigenvalue weighted by atomic mass is 9.57. The van der Waals surface area contributed by atoms with Crippen LogP contribution >= 0.6 is 0 Å². The molecule has 0 saturated carbocycles. The van der Waals surface area contributed by atoms with Gasteiger partial charge in [0.15, 0.2) is 0 Å². The van der Waals surface area contributed by atoms with Crippen molar-refractivity contribution in [2.75, 3.05) is 67.2 Å². The quantitative estimate of drug-likeness (QED) is 0.427. The molecule has 6 aliphatic heterocycles. The third-order valence-electron chi connectivity index (χ3n) is 12.7. The molecule has 0 aliphatic carbocycles. The summed E-state index contributed by atoms with van der Waals surface area (Å²) in [6.45, 7) is 18.2. The number of ether oxygens (including phenoxy) is 12. The first-order valence-corrected chi connectivity index (χ1v) is 16.3. The second-order valence-corrected chi connectivity index (χ2v) is 14.6. The fourth-order valence-corrected chi connectivity index (χ4v) is 9.22. The van der Waals surface area contributed by atoms with Gasteiger partial charge < -0.3 is 56.8 Å². The molecule has 0 aromatic rings. The Kier molecular flexibility index (Phi) is 9.51. The van der Waals surface area contributed by atoms with Gasteiger partial charge in [0.1, 0.15) is 40.8 Å². The highest BCUT2D eigenvalue weighted by atomic mass is 16.7. The Balaban J connectivity index is 1.25. The highest BCUT2D eigenvalue weighted by molar-refractivity contribution is 5.13. The summed E-state index contributed by atoms with van der Waals surface area (Å²) in [5, 5.41) is 0. The van der Waals surface area contributed by atoms with E-state index in [1.54, 1.807) is 0 Å². The van der Waals surface area contributed by atoms with Crippen LogP contribution in [0.1, 0.15) is 74.1 Å². The van der Waals surface area contributed by atoms with Crippen LogP contribution in [0.4, 0.5) is 0 Å². The molecule has 44 heavy (non-hydrogen) atoms. The number of rotatable bonds is 6. The summed E-state index contributed by atoms with van der Waals surface area (Å²) in [5.41, 5.74) is -3.27. The van der Waals surface area contributed by atoms with Gasteiger partial charge in [-0.3, -0.25) is 0 Å². The minimum atomic E-state index is -0.640. The maximum atomic E-state index is 6.61. The fourth-order valence-electron chi connectivity index (χ4n) is 9.22. The second kappa shape index (κ2) is 12.5. The SMILES string of the molecule is CC1OCOC(C)C12COCOC2CCC1(C)OCOC(C)(CCC2OCOC(C)(C)[C@@]23COCOC3C)C12COCOC2. The highest BCUT2D eigenvalue weighted by Crippen LogP contribution is 2.57. The normalized spacial score (nSPS) is 47.7. The zero-order valence-corrected chi connectivity index (χ0v) is 27.7. The lowest BCUT2D eigenvalue weighted by molar-refractivity contribution is -0.381. The van der Waals surface area contributed by atoms with Gasteiger partial charge in [0, 0.05) is 0 Å². The molecule has 6 rings (SSSR count). The van der Waals surface area contributed by atoms with Gasteiger partial charge in [0.05, 0.1) is 90.0 Å². The standard InChI is InChI=1S/C32H54O12/c1-22-31(23(2)39-19-38-22)14-35-18-40-25(31)8-10-28(6)30(12-33-16-34-13-30)29(7,44-21-43-28)11-9-26-32(15-36-17-37-24(32)3)27(4,5)42-20-41-26/h22-26H,8-21H2,1-7H3/t22?,23?,24?,25?,26?,28?,29?,31?,32-/m1/s1. The first-order chi connectivity index (χ1) is 21.0. The van der Waals surface area contributed by atoms with E-state index in [-0.39, 0.29) is 71.3 Å². The number of hydrogen-bond acceptors (Lipinski definition) is 12. The molecule has 7 unspecified atom stereocenters. The van der Waals surface area contributed by atoms with E-state index in [2.05, 4.69) is 48.5 Å². The Bertz CT molecular complexity index is 978. The van der Waals surface area contributed by atoms with Crippen molar-refractivity contribution < 1.29 is 56.8 Å².